The number of nitrogens with zero attached hydrogens (tertiary/aromatic N) is 3. The second-order valence-corrected chi connectivity index (χ2v) is 4.29. The molecule has 17 heavy (non-hydrogen) atoms. The second kappa shape index (κ2) is 6.39. The molecule has 1 rings (SSSR count). The Balaban J connectivity index is 3.14. The van der Waals surface area contributed by atoms with Gasteiger partial charge in [-0.3, -0.25) is 0 Å². The lowest BCUT2D eigenvalue weighted by Gasteiger charge is -2.23. The summed E-state index contributed by atoms with van der Waals surface area (Å²) in [6.45, 7) is 7.81. The molecule has 5 nitrogen and oxygen atoms in total. The molecule has 0 radical (unpaired) electrons. The fourth-order valence-electron chi connectivity index (χ4n) is 1.79. The minimum absolute atomic E-state index is 0.120. The van der Waals surface area contributed by atoms with E-state index in [-0.39, 0.29) is 6.61 Å². The van der Waals surface area contributed by atoms with E-state index in [1.165, 1.54) is 0 Å². The average molecular weight is 238 g/mol. The summed E-state index contributed by atoms with van der Waals surface area (Å²) in [6.07, 6.45) is 1.56. The maximum Gasteiger partial charge on any atom is 0.137 e. The molecular formula is C12H22N4O. The van der Waals surface area contributed by atoms with Crippen molar-refractivity contribution in [3.05, 3.63) is 11.9 Å². The van der Waals surface area contributed by atoms with Gasteiger partial charge < -0.3 is 15.3 Å². The fraction of sp³-hybridized carbons (Fsp3) is 0.667. The van der Waals surface area contributed by atoms with Crippen LogP contribution in [0.1, 0.15) is 32.3 Å². The van der Waals surface area contributed by atoms with Gasteiger partial charge in [-0.1, -0.05) is 13.8 Å². The van der Waals surface area contributed by atoms with E-state index >= 15 is 0 Å². The number of aromatic nitrogens is 2. The molecule has 0 unspecified atom stereocenters. The molecule has 0 saturated heterocycles. The minimum Gasteiger partial charge on any atom is -0.395 e. The van der Waals surface area contributed by atoms with Crippen molar-refractivity contribution in [2.24, 2.45) is 0 Å². The Bertz CT molecular complexity index is 354. The van der Waals surface area contributed by atoms with Crippen molar-refractivity contribution >= 4 is 11.6 Å². The van der Waals surface area contributed by atoms with Gasteiger partial charge in [-0.05, 0) is 12.8 Å². The number of likely N-dealkylation sites (N-methyl/N-ethyl adjacent to an activating group) is 1. The van der Waals surface area contributed by atoms with Gasteiger partial charge in [0, 0.05) is 25.7 Å². The normalized spacial score (nSPS) is 10.7. The highest BCUT2D eigenvalue weighted by molar-refractivity contribution is 5.59. The van der Waals surface area contributed by atoms with E-state index in [0.717, 1.165) is 23.7 Å². The molecule has 0 spiro atoms. The molecule has 0 aliphatic heterocycles. The maximum atomic E-state index is 9.00. The van der Waals surface area contributed by atoms with Gasteiger partial charge in [-0.25, -0.2) is 9.97 Å². The summed E-state index contributed by atoms with van der Waals surface area (Å²) in [4.78, 5) is 10.6. The number of hydrogen-bond acceptors (Lipinski definition) is 5. The largest absolute Gasteiger partial charge is 0.395 e. The zero-order chi connectivity index (χ0) is 12.8. The molecule has 0 bridgehead atoms. The summed E-state index contributed by atoms with van der Waals surface area (Å²) in [6, 6.07) is 0. The van der Waals surface area contributed by atoms with E-state index in [1.54, 1.807) is 6.33 Å². The van der Waals surface area contributed by atoms with Gasteiger partial charge >= 0.3 is 0 Å². The summed E-state index contributed by atoms with van der Waals surface area (Å²) in [5, 5.41) is 12.3. The standard InChI is InChI=1S/C12H22N4O/c1-5-13-11-10(9(2)3)12(15-8-14-11)16(4)6-7-17/h8-9,17H,5-7H2,1-4H3,(H,13,14,15). The lowest BCUT2D eigenvalue weighted by molar-refractivity contribution is 0.303. The average Bonchev–Trinajstić information content (AvgIpc) is 2.29. The monoisotopic (exact) mass is 238 g/mol. The van der Waals surface area contributed by atoms with Gasteiger partial charge in [0.05, 0.1) is 6.61 Å². The van der Waals surface area contributed by atoms with Crippen LogP contribution in [-0.4, -0.2) is 41.8 Å². The van der Waals surface area contributed by atoms with Crippen LogP contribution in [0.5, 0.6) is 0 Å². The first-order valence-corrected chi connectivity index (χ1v) is 6.02. The van der Waals surface area contributed by atoms with E-state index in [4.69, 9.17) is 5.11 Å². The van der Waals surface area contributed by atoms with Gasteiger partial charge in [0.25, 0.3) is 0 Å². The van der Waals surface area contributed by atoms with Crippen LogP contribution in [0.15, 0.2) is 6.33 Å². The lowest BCUT2D eigenvalue weighted by atomic mass is 10.0. The van der Waals surface area contributed by atoms with Crippen molar-refractivity contribution in [3.8, 4) is 0 Å². The maximum absolute atomic E-state index is 9.00. The van der Waals surface area contributed by atoms with E-state index in [9.17, 15) is 0 Å². The van der Waals surface area contributed by atoms with E-state index in [1.807, 2.05) is 18.9 Å². The number of rotatable bonds is 6. The van der Waals surface area contributed by atoms with Crippen LogP contribution in [0.3, 0.4) is 0 Å². The summed E-state index contributed by atoms with van der Waals surface area (Å²) < 4.78 is 0. The predicted molar refractivity (Wildman–Crippen MR) is 70.6 cm³/mol. The van der Waals surface area contributed by atoms with Crippen LogP contribution in [0.25, 0.3) is 0 Å². The van der Waals surface area contributed by atoms with Crippen molar-refractivity contribution < 1.29 is 5.11 Å². The zero-order valence-corrected chi connectivity index (χ0v) is 11.1. The molecule has 0 aliphatic rings. The Morgan fingerprint density at radius 3 is 2.65 bits per heavy atom. The smallest absolute Gasteiger partial charge is 0.137 e. The van der Waals surface area contributed by atoms with Gasteiger partial charge in [0.15, 0.2) is 0 Å². The molecule has 0 aliphatic carbocycles. The Morgan fingerprint density at radius 1 is 1.41 bits per heavy atom. The van der Waals surface area contributed by atoms with Crippen LogP contribution in [0.4, 0.5) is 11.6 Å². The summed E-state index contributed by atoms with van der Waals surface area (Å²) >= 11 is 0. The van der Waals surface area contributed by atoms with Crippen LogP contribution in [-0.2, 0) is 0 Å². The van der Waals surface area contributed by atoms with Crippen LogP contribution in [0, 0.1) is 0 Å². The summed E-state index contributed by atoms with van der Waals surface area (Å²) in [7, 11) is 1.93. The molecule has 0 aromatic carbocycles. The molecule has 96 valence electrons. The number of nitrogens with one attached hydrogen (secondary N) is 1. The number of aliphatic hydroxyl groups is 1. The highest BCUT2D eigenvalue weighted by atomic mass is 16.3. The number of hydrogen-bond donors (Lipinski definition) is 2. The SMILES string of the molecule is CCNc1ncnc(N(C)CCO)c1C(C)C. The predicted octanol–water partition coefficient (Wildman–Crippen LogP) is 1.46. The third-order valence-corrected chi connectivity index (χ3v) is 2.58. The first-order valence-electron chi connectivity index (χ1n) is 6.02. The topological polar surface area (TPSA) is 61.3 Å². The van der Waals surface area contributed by atoms with Crippen LogP contribution in [0.2, 0.25) is 0 Å². The van der Waals surface area contributed by atoms with Gasteiger partial charge in [0.2, 0.25) is 0 Å². The molecule has 0 saturated carbocycles. The third kappa shape index (κ3) is 3.30. The Morgan fingerprint density at radius 2 is 2.12 bits per heavy atom. The van der Waals surface area contributed by atoms with Crippen molar-refractivity contribution in [2.75, 3.05) is 37.0 Å². The number of anilines is 2. The molecule has 0 atom stereocenters. The van der Waals surface area contributed by atoms with Gasteiger partial charge in [0.1, 0.15) is 18.0 Å². The molecule has 5 heteroatoms. The molecule has 1 aromatic heterocycles. The Labute approximate surface area is 103 Å². The minimum atomic E-state index is 0.120. The van der Waals surface area contributed by atoms with Gasteiger partial charge in [-0.15, -0.1) is 0 Å². The number of aliphatic hydroxyl groups excluding tert-OH is 1. The van der Waals surface area contributed by atoms with E-state index < -0.39 is 0 Å². The molecule has 1 aromatic rings. The summed E-state index contributed by atoms with van der Waals surface area (Å²) in [5.41, 5.74) is 1.10. The van der Waals surface area contributed by atoms with Crippen molar-refractivity contribution in [3.63, 3.8) is 0 Å². The second-order valence-electron chi connectivity index (χ2n) is 4.29. The molecular weight excluding hydrogens is 216 g/mol. The molecule has 2 N–H and O–H groups in total. The Kier molecular flexibility index (Phi) is 5.15. The van der Waals surface area contributed by atoms with E-state index in [2.05, 4.69) is 29.1 Å². The van der Waals surface area contributed by atoms with Crippen LogP contribution >= 0.6 is 0 Å². The fourth-order valence-corrected chi connectivity index (χ4v) is 1.79. The van der Waals surface area contributed by atoms with Crippen molar-refractivity contribution in [2.45, 2.75) is 26.7 Å². The Hall–Kier alpha value is -1.36. The highest BCUT2D eigenvalue weighted by Gasteiger charge is 2.17. The van der Waals surface area contributed by atoms with Crippen molar-refractivity contribution in [1.29, 1.82) is 0 Å². The first-order chi connectivity index (χ1) is 8.11. The molecule has 0 fully saturated rings. The van der Waals surface area contributed by atoms with Crippen molar-refractivity contribution in [1.82, 2.24) is 9.97 Å². The highest BCUT2D eigenvalue weighted by Crippen LogP contribution is 2.29. The van der Waals surface area contributed by atoms with Gasteiger partial charge in [-0.2, -0.15) is 0 Å². The lowest BCUT2D eigenvalue weighted by Crippen LogP contribution is -2.24. The molecule has 1 heterocycles. The molecule has 0 amide bonds. The third-order valence-electron chi connectivity index (χ3n) is 2.58. The first kappa shape index (κ1) is 13.7. The summed E-state index contributed by atoms with van der Waals surface area (Å²) in [5.74, 6) is 2.11. The quantitative estimate of drug-likeness (QED) is 0.785. The zero-order valence-electron chi connectivity index (χ0n) is 11.1. The van der Waals surface area contributed by atoms with Crippen LogP contribution < -0.4 is 10.2 Å². The van der Waals surface area contributed by atoms with E-state index in [0.29, 0.717) is 12.5 Å².